The average Bonchev–Trinajstić information content (AvgIpc) is 2.18. The molecule has 0 saturated carbocycles. The monoisotopic (exact) mass is 256 g/mol. The maximum absolute atomic E-state index is 10.6. The van der Waals surface area contributed by atoms with Crippen molar-refractivity contribution in [1.82, 2.24) is 0 Å². The Bertz CT molecular complexity index is 301. The van der Waals surface area contributed by atoms with Crippen LogP contribution in [0.1, 0.15) is 0 Å². The van der Waals surface area contributed by atoms with E-state index in [1.54, 1.807) is 11.8 Å². The highest BCUT2D eigenvalue weighted by atomic mass is 32.2. The molecule has 1 aromatic carbocycles. The molecule has 0 aliphatic rings. The summed E-state index contributed by atoms with van der Waals surface area (Å²) in [5, 5.41) is 7.12. The molecule has 0 spiro atoms. The largest absolute Gasteiger partial charge is 0.490 e. The molecule has 1 rings (SSSR count). The molecule has 0 amide bonds. The summed E-state index contributed by atoms with van der Waals surface area (Å²) >= 11 is 1.77. The van der Waals surface area contributed by atoms with Crippen molar-refractivity contribution in [3.05, 3.63) is 30.3 Å². The minimum Gasteiger partial charge on any atom is -0.475 e. The van der Waals surface area contributed by atoms with Gasteiger partial charge in [-0.1, -0.05) is 18.2 Å². The second-order valence-electron chi connectivity index (χ2n) is 2.32. The van der Waals surface area contributed by atoms with Crippen LogP contribution < -0.4 is 0 Å². The maximum atomic E-state index is 10.6. The molecule has 16 heavy (non-hydrogen) atoms. The zero-order valence-electron chi connectivity index (χ0n) is 8.28. The number of alkyl halides is 3. The summed E-state index contributed by atoms with van der Waals surface area (Å²) < 4.78 is 31.7. The Morgan fingerprint density at radius 3 is 1.81 bits per heavy atom. The number of rotatable bonds is 1. The number of aliphatic carboxylic acids is 1. The molecule has 0 aromatic heterocycles. The van der Waals surface area contributed by atoms with Crippen molar-refractivity contribution in [3.63, 3.8) is 0 Å². The Labute approximate surface area is 94.6 Å². The molecule has 1 aromatic rings. The lowest BCUT2D eigenvalue weighted by atomic mass is 10.4. The van der Waals surface area contributed by atoms with Crippen LogP contribution in [0.25, 0.3) is 0 Å². The van der Waals surface area contributed by atoms with Crippen molar-refractivity contribution in [1.29, 1.82) is 0 Å². The standard InChI is InChI=1S/C7H8S.C2HF3O2.H2O/c1-8-7-5-3-2-4-6-7;3-2(4,5)1(6)7;/h2-6H,1H3;(H,6,7);1H2. The van der Waals surface area contributed by atoms with Gasteiger partial charge in [0, 0.05) is 4.90 Å². The van der Waals surface area contributed by atoms with Crippen molar-refractivity contribution in [2.24, 2.45) is 0 Å². The Balaban J connectivity index is 0. The average molecular weight is 256 g/mol. The first-order chi connectivity index (χ1) is 6.88. The zero-order valence-corrected chi connectivity index (χ0v) is 9.10. The van der Waals surface area contributed by atoms with Gasteiger partial charge in [0.2, 0.25) is 0 Å². The third-order valence-electron chi connectivity index (χ3n) is 1.22. The highest BCUT2D eigenvalue weighted by Crippen LogP contribution is 2.13. The van der Waals surface area contributed by atoms with E-state index in [1.165, 1.54) is 4.90 Å². The molecule has 0 bridgehead atoms. The molecule has 3 N–H and O–H groups in total. The van der Waals surface area contributed by atoms with Crippen LogP contribution in [0.4, 0.5) is 13.2 Å². The SMILES string of the molecule is CSc1ccccc1.O.O=C(O)C(F)(F)F. The molecule has 0 atom stereocenters. The molecule has 3 nitrogen and oxygen atoms in total. The summed E-state index contributed by atoms with van der Waals surface area (Å²) in [7, 11) is 0. The van der Waals surface area contributed by atoms with Gasteiger partial charge in [-0.3, -0.25) is 0 Å². The van der Waals surface area contributed by atoms with E-state index in [9.17, 15) is 13.2 Å². The quantitative estimate of drug-likeness (QED) is 0.783. The summed E-state index contributed by atoms with van der Waals surface area (Å²) in [6.07, 6.45) is -3.00. The van der Waals surface area contributed by atoms with Crippen molar-refractivity contribution in [2.75, 3.05) is 6.26 Å². The fourth-order valence-corrected chi connectivity index (χ4v) is 0.986. The first kappa shape index (κ1) is 17.2. The van der Waals surface area contributed by atoms with Crippen LogP contribution >= 0.6 is 11.8 Å². The Hall–Kier alpha value is -1.21. The van der Waals surface area contributed by atoms with Crippen LogP contribution in [0.5, 0.6) is 0 Å². The summed E-state index contributed by atoms with van der Waals surface area (Å²) in [6.45, 7) is 0. The number of hydrogen-bond donors (Lipinski definition) is 1. The van der Waals surface area contributed by atoms with Crippen molar-refractivity contribution in [3.8, 4) is 0 Å². The van der Waals surface area contributed by atoms with E-state index >= 15 is 0 Å². The van der Waals surface area contributed by atoms with Crippen LogP contribution in [0.3, 0.4) is 0 Å². The summed E-state index contributed by atoms with van der Waals surface area (Å²) in [5.41, 5.74) is 0. The normalized spacial score (nSPS) is 9.50. The maximum Gasteiger partial charge on any atom is 0.490 e. The smallest absolute Gasteiger partial charge is 0.475 e. The lowest BCUT2D eigenvalue weighted by Gasteiger charge is -1.93. The van der Waals surface area contributed by atoms with E-state index in [2.05, 4.69) is 18.4 Å². The van der Waals surface area contributed by atoms with E-state index in [0.717, 1.165) is 0 Å². The molecule has 0 aliphatic heterocycles. The van der Waals surface area contributed by atoms with Crippen molar-refractivity contribution < 1.29 is 28.5 Å². The Morgan fingerprint density at radius 2 is 1.62 bits per heavy atom. The van der Waals surface area contributed by atoms with Gasteiger partial charge in [-0.05, 0) is 18.4 Å². The number of carbonyl (C=O) groups is 1. The van der Waals surface area contributed by atoms with Crippen molar-refractivity contribution in [2.45, 2.75) is 11.1 Å². The van der Waals surface area contributed by atoms with E-state index in [-0.39, 0.29) is 5.48 Å². The summed E-state index contributed by atoms with van der Waals surface area (Å²) in [6, 6.07) is 10.3. The molecule has 0 unspecified atom stereocenters. The Kier molecular flexibility index (Phi) is 8.60. The molecular formula is C9H11F3O3S. The lowest BCUT2D eigenvalue weighted by Crippen LogP contribution is -2.21. The van der Waals surface area contributed by atoms with Gasteiger partial charge in [-0.25, -0.2) is 4.79 Å². The van der Waals surface area contributed by atoms with Gasteiger partial charge in [0.15, 0.2) is 0 Å². The number of thioether (sulfide) groups is 1. The molecule has 0 fully saturated rings. The molecule has 0 radical (unpaired) electrons. The summed E-state index contributed by atoms with van der Waals surface area (Å²) in [4.78, 5) is 10.2. The van der Waals surface area contributed by atoms with Gasteiger partial charge < -0.3 is 10.6 Å². The zero-order chi connectivity index (χ0) is 11.9. The van der Waals surface area contributed by atoms with Crippen LogP contribution in [0.2, 0.25) is 0 Å². The van der Waals surface area contributed by atoms with Crippen LogP contribution in [-0.2, 0) is 4.79 Å². The minimum atomic E-state index is -5.08. The van der Waals surface area contributed by atoms with Gasteiger partial charge >= 0.3 is 12.1 Å². The lowest BCUT2D eigenvalue weighted by molar-refractivity contribution is -0.192. The van der Waals surface area contributed by atoms with Gasteiger partial charge in [0.05, 0.1) is 0 Å². The number of halogens is 3. The van der Waals surface area contributed by atoms with Gasteiger partial charge in [-0.15, -0.1) is 11.8 Å². The third-order valence-corrected chi connectivity index (χ3v) is 1.96. The second kappa shape index (κ2) is 8.00. The fourth-order valence-electron chi connectivity index (χ4n) is 0.557. The van der Waals surface area contributed by atoms with Crippen LogP contribution in [0, 0.1) is 0 Å². The van der Waals surface area contributed by atoms with Crippen LogP contribution in [0.15, 0.2) is 35.2 Å². The van der Waals surface area contributed by atoms with E-state index < -0.39 is 12.1 Å². The predicted octanol–water partition coefficient (Wildman–Crippen LogP) is 2.22. The molecule has 7 heteroatoms. The van der Waals surface area contributed by atoms with E-state index in [1.807, 2.05) is 18.2 Å². The first-order valence-electron chi connectivity index (χ1n) is 3.77. The third kappa shape index (κ3) is 8.13. The molecule has 92 valence electrons. The number of hydrogen-bond acceptors (Lipinski definition) is 2. The molecular weight excluding hydrogens is 245 g/mol. The topological polar surface area (TPSA) is 68.8 Å². The predicted molar refractivity (Wildman–Crippen MR) is 55.5 cm³/mol. The molecule has 0 aliphatic carbocycles. The number of benzene rings is 1. The van der Waals surface area contributed by atoms with Gasteiger partial charge in [0.25, 0.3) is 0 Å². The highest BCUT2D eigenvalue weighted by Gasteiger charge is 2.38. The number of carboxylic acid groups (broad SMARTS) is 1. The highest BCUT2D eigenvalue weighted by molar-refractivity contribution is 7.98. The number of carboxylic acids is 1. The van der Waals surface area contributed by atoms with Gasteiger partial charge in [-0.2, -0.15) is 13.2 Å². The molecule has 0 heterocycles. The molecule has 0 saturated heterocycles. The van der Waals surface area contributed by atoms with E-state index in [0.29, 0.717) is 0 Å². The Morgan fingerprint density at radius 1 is 1.25 bits per heavy atom. The van der Waals surface area contributed by atoms with E-state index in [4.69, 9.17) is 9.90 Å². The fraction of sp³-hybridized carbons (Fsp3) is 0.222. The first-order valence-corrected chi connectivity index (χ1v) is 4.99. The van der Waals surface area contributed by atoms with Crippen LogP contribution in [-0.4, -0.2) is 29.0 Å². The second-order valence-corrected chi connectivity index (χ2v) is 3.20. The minimum absolute atomic E-state index is 0. The van der Waals surface area contributed by atoms with Crippen molar-refractivity contribution >= 4 is 17.7 Å². The van der Waals surface area contributed by atoms with Gasteiger partial charge in [0.1, 0.15) is 0 Å². The summed E-state index contributed by atoms with van der Waals surface area (Å²) in [5.74, 6) is -2.76.